The van der Waals surface area contributed by atoms with Gasteiger partial charge in [0.25, 0.3) is 0 Å². The summed E-state index contributed by atoms with van der Waals surface area (Å²) < 4.78 is 11.1. The lowest BCUT2D eigenvalue weighted by Crippen LogP contribution is -2.44. The first kappa shape index (κ1) is 17.9. The van der Waals surface area contributed by atoms with Crippen molar-refractivity contribution in [3.8, 4) is 17.0 Å². The summed E-state index contributed by atoms with van der Waals surface area (Å²) in [5.74, 6) is 1.28. The van der Waals surface area contributed by atoms with E-state index in [1.54, 1.807) is 19.5 Å². The molecule has 0 unspecified atom stereocenters. The molecule has 0 radical (unpaired) electrons. The van der Waals surface area contributed by atoms with Gasteiger partial charge in [-0.25, -0.2) is 4.98 Å². The van der Waals surface area contributed by atoms with Gasteiger partial charge < -0.3 is 14.4 Å². The Hall–Kier alpha value is -2.47. The quantitative estimate of drug-likeness (QED) is 0.830. The van der Waals surface area contributed by atoms with Gasteiger partial charge >= 0.3 is 0 Å². The van der Waals surface area contributed by atoms with Crippen LogP contribution in [0.5, 0.6) is 5.75 Å². The third-order valence-corrected chi connectivity index (χ3v) is 5.45. The van der Waals surface area contributed by atoms with E-state index in [2.05, 4.69) is 4.98 Å². The molecule has 2 fully saturated rings. The molecular weight excluding hydrogens is 342 g/mol. The Bertz CT molecular complexity index is 788. The maximum Gasteiger partial charge on any atom is 0.225 e. The molecule has 0 spiro atoms. The molecule has 1 aliphatic carbocycles. The van der Waals surface area contributed by atoms with Gasteiger partial charge in [-0.2, -0.15) is 0 Å². The number of benzene rings is 1. The SMILES string of the molecule is COc1ccc(-c2cncc([C@@H]3CN(C(=O)C4CCCC4)CCO3)n2)cc1. The van der Waals surface area contributed by atoms with E-state index in [1.807, 2.05) is 29.2 Å². The number of morpholine rings is 1. The predicted octanol–water partition coefficient (Wildman–Crippen LogP) is 3.24. The number of hydrogen-bond donors (Lipinski definition) is 0. The average Bonchev–Trinajstić information content (AvgIpc) is 3.28. The minimum absolute atomic E-state index is 0.195. The van der Waals surface area contributed by atoms with Crippen LogP contribution in [0.4, 0.5) is 0 Å². The number of aromatic nitrogens is 2. The number of carbonyl (C=O) groups excluding carboxylic acids is 1. The zero-order chi connectivity index (χ0) is 18.6. The lowest BCUT2D eigenvalue weighted by atomic mass is 10.1. The Morgan fingerprint density at radius 2 is 1.96 bits per heavy atom. The molecule has 1 saturated carbocycles. The Labute approximate surface area is 159 Å². The zero-order valence-corrected chi connectivity index (χ0v) is 15.6. The molecule has 142 valence electrons. The highest BCUT2D eigenvalue weighted by Gasteiger charge is 2.32. The van der Waals surface area contributed by atoms with Crippen LogP contribution in [0.15, 0.2) is 36.7 Å². The summed E-state index contributed by atoms with van der Waals surface area (Å²) in [7, 11) is 1.65. The van der Waals surface area contributed by atoms with Crippen molar-refractivity contribution in [1.29, 1.82) is 0 Å². The number of carbonyl (C=O) groups is 1. The standard InChI is InChI=1S/C21H25N3O3/c1-26-17-8-6-15(7-9-17)18-12-22-13-19(23-18)20-14-24(10-11-27-20)21(25)16-4-2-3-5-16/h6-9,12-13,16,20H,2-5,10-11,14H2,1H3/t20-/m0/s1. The summed E-state index contributed by atoms with van der Waals surface area (Å²) in [6.45, 7) is 1.76. The Balaban J connectivity index is 1.49. The van der Waals surface area contributed by atoms with Gasteiger partial charge in [0.2, 0.25) is 5.91 Å². The molecule has 0 bridgehead atoms. The highest BCUT2D eigenvalue weighted by atomic mass is 16.5. The molecule has 1 aromatic carbocycles. The topological polar surface area (TPSA) is 64.5 Å². The van der Waals surface area contributed by atoms with E-state index in [1.165, 1.54) is 12.8 Å². The number of amides is 1. The van der Waals surface area contributed by atoms with E-state index in [-0.39, 0.29) is 17.9 Å². The normalized spacial score (nSPS) is 20.6. The molecule has 1 saturated heterocycles. The fourth-order valence-corrected chi connectivity index (χ4v) is 3.90. The van der Waals surface area contributed by atoms with E-state index >= 15 is 0 Å². The van der Waals surface area contributed by atoms with Gasteiger partial charge in [-0.15, -0.1) is 0 Å². The largest absolute Gasteiger partial charge is 0.497 e. The van der Waals surface area contributed by atoms with Gasteiger partial charge in [-0.1, -0.05) is 12.8 Å². The number of nitrogens with zero attached hydrogens (tertiary/aromatic N) is 3. The molecule has 6 nitrogen and oxygen atoms in total. The van der Waals surface area contributed by atoms with Gasteiger partial charge in [-0.3, -0.25) is 9.78 Å². The van der Waals surface area contributed by atoms with Crippen LogP contribution in [0.3, 0.4) is 0 Å². The minimum Gasteiger partial charge on any atom is -0.497 e. The first-order valence-electron chi connectivity index (χ1n) is 9.61. The van der Waals surface area contributed by atoms with E-state index in [0.717, 1.165) is 35.5 Å². The fourth-order valence-electron chi connectivity index (χ4n) is 3.90. The molecule has 1 aromatic heterocycles. The third-order valence-electron chi connectivity index (χ3n) is 5.45. The molecular formula is C21H25N3O3. The summed E-state index contributed by atoms with van der Waals surface area (Å²) in [4.78, 5) is 23.8. The van der Waals surface area contributed by atoms with Crippen LogP contribution < -0.4 is 4.74 Å². The highest BCUT2D eigenvalue weighted by Crippen LogP contribution is 2.29. The van der Waals surface area contributed by atoms with Crippen molar-refractivity contribution < 1.29 is 14.3 Å². The van der Waals surface area contributed by atoms with Gasteiger partial charge in [0.1, 0.15) is 11.9 Å². The second kappa shape index (κ2) is 8.05. The number of methoxy groups -OCH3 is 1. The van der Waals surface area contributed by atoms with E-state index < -0.39 is 0 Å². The number of rotatable bonds is 4. The first-order valence-corrected chi connectivity index (χ1v) is 9.61. The molecule has 2 aliphatic rings. The summed E-state index contributed by atoms with van der Waals surface area (Å²) in [5, 5.41) is 0. The Morgan fingerprint density at radius 1 is 1.19 bits per heavy atom. The maximum atomic E-state index is 12.7. The van der Waals surface area contributed by atoms with Crippen molar-refractivity contribution in [3.63, 3.8) is 0 Å². The average molecular weight is 367 g/mol. The maximum absolute atomic E-state index is 12.7. The summed E-state index contributed by atoms with van der Waals surface area (Å²) >= 11 is 0. The van der Waals surface area contributed by atoms with E-state index in [4.69, 9.17) is 14.5 Å². The second-order valence-corrected chi connectivity index (χ2v) is 7.18. The summed E-state index contributed by atoms with van der Waals surface area (Å²) in [5.41, 5.74) is 2.53. The molecule has 27 heavy (non-hydrogen) atoms. The van der Waals surface area contributed by atoms with Crippen molar-refractivity contribution in [2.24, 2.45) is 5.92 Å². The fraction of sp³-hybridized carbons (Fsp3) is 0.476. The molecule has 2 aromatic rings. The van der Waals surface area contributed by atoms with E-state index in [0.29, 0.717) is 19.7 Å². The van der Waals surface area contributed by atoms with Gasteiger partial charge in [-0.05, 0) is 37.1 Å². The molecule has 0 N–H and O–H groups in total. The van der Waals surface area contributed by atoms with Gasteiger partial charge in [0.05, 0.1) is 44.0 Å². The summed E-state index contributed by atoms with van der Waals surface area (Å²) in [6, 6.07) is 7.74. The summed E-state index contributed by atoms with van der Waals surface area (Å²) in [6.07, 6.45) is 7.63. The van der Waals surface area contributed by atoms with Crippen molar-refractivity contribution >= 4 is 5.91 Å². The van der Waals surface area contributed by atoms with E-state index in [9.17, 15) is 4.79 Å². The van der Waals surface area contributed by atoms with Gasteiger partial charge in [0.15, 0.2) is 0 Å². The van der Waals surface area contributed by atoms with Crippen LogP contribution in [0.2, 0.25) is 0 Å². The number of ether oxygens (including phenoxy) is 2. The smallest absolute Gasteiger partial charge is 0.225 e. The third kappa shape index (κ3) is 3.95. The number of hydrogen-bond acceptors (Lipinski definition) is 5. The van der Waals surface area contributed by atoms with Crippen LogP contribution in [0.25, 0.3) is 11.3 Å². The predicted molar refractivity (Wildman–Crippen MR) is 101 cm³/mol. The highest BCUT2D eigenvalue weighted by molar-refractivity contribution is 5.79. The van der Waals surface area contributed by atoms with Gasteiger partial charge in [0, 0.05) is 18.0 Å². The van der Waals surface area contributed by atoms with Crippen molar-refractivity contribution in [2.45, 2.75) is 31.8 Å². The van der Waals surface area contributed by atoms with Crippen molar-refractivity contribution in [3.05, 3.63) is 42.4 Å². The molecule has 1 aliphatic heterocycles. The van der Waals surface area contributed by atoms with Crippen molar-refractivity contribution in [1.82, 2.24) is 14.9 Å². The molecule has 4 rings (SSSR count). The lowest BCUT2D eigenvalue weighted by Gasteiger charge is -2.34. The van der Waals surface area contributed by atoms with Crippen LogP contribution in [0, 0.1) is 5.92 Å². The monoisotopic (exact) mass is 367 g/mol. The molecule has 1 amide bonds. The van der Waals surface area contributed by atoms with Crippen LogP contribution in [-0.4, -0.2) is 47.6 Å². The van der Waals surface area contributed by atoms with Crippen LogP contribution >= 0.6 is 0 Å². The van der Waals surface area contributed by atoms with Crippen LogP contribution in [0.1, 0.15) is 37.5 Å². The van der Waals surface area contributed by atoms with Crippen LogP contribution in [-0.2, 0) is 9.53 Å². The Morgan fingerprint density at radius 3 is 2.70 bits per heavy atom. The zero-order valence-electron chi connectivity index (χ0n) is 15.6. The lowest BCUT2D eigenvalue weighted by molar-refractivity contribution is -0.143. The second-order valence-electron chi connectivity index (χ2n) is 7.18. The molecule has 2 heterocycles. The van der Waals surface area contributed by atoms with Crippen molar-refractivity contribution in [2.75, 3.05) is 26.8 Å². The first-order chi connectivity index (χ1) is 13.2. The Kier molecular flexibility index (Phi) is 5.34. The molecule has 1 atom stereocenters. The minimum atomic E-state index is -0.227. The molecule has 6 heteroatoms.